The van der Waals surface area contributed by atoms with Crippen molar-refractivity contribution in [3.8, 4) is 22.8 Å². The van der Waals surface area contributed by atoms with Gasteiger partial charge in [0.05, 0.1) is 5.69 Å². The summed E-state index contributed by atoms with van der Waals surface area (Å²) in [5.74, 6) is 1.66. The first-order chi connectivity index (χ1) is 8.92. The van der Waals surface area contributed by atoms with E-state index in [1.807, 2.05) is 60.7 Å². The van der Waals surface area contributed by atoms with E-state index in [0.717, 1.165) is 22.8 Å². The Labute approximate surface area is 105 Å². The van der Waals surface area contributed by atoms with Crippen LogP contribution in [0.25, 0.3) is 11.3 Å². The summed E-state index contributed by atoms with van der Waals surface area (Å²) in [6, 6.07) is 19.6. The van der Waals surface area contributed by atoms with Crippen molar-refractivity contribution in [1.29, 1.82) is 0 Å². The molecule has 0 aliphatic carbocycles. The van der Waals surface area contributed by atoms with Gasteiger partial charge in [0, 0.05) is 6.20 Å². The summed E-state index contributed by atoms with van der Waals surface area (Å²) in [5, 5.41) is 6.86. The zero-order valence-electron chi connectivity index (χ0n) is 9.71. The lowest BCUT2D eigenvalue weighted by molar-refractivity contribution is 0.483. The molecule has 0 unspecified atom stereocenters. The van der Waals surface area contributed by atoms with Crippen molar-refractivity contribution in [2.24, 2.45) is 0 Å². The van der Waals surface area contributed by atoms with Gasteiger partial charge in [-0.15, -0.1) is 0 Å². The average Bonchev–Trinajstić information content (AvgIpc) is 2.95. The molecule has 0 aliphatic rings. The van der Waals surface area contributed by atoms with Crippen LogP contribution in [0.4, 0.5) is 0 Å². The number of benzene rings is 2. The molecule has 1 heterocycles. The Hall–Kier alpha value is -2.55. The molecule has 3 aromatic rings. The predicted octanol–water partition coefficient (Wildman–Crippen LogP) is 3.87. The minimum Gasteiger partial charge on any atom is -0.457 e. The third-order valence-electron chi connectivity index (χ3n) is 2.64. The second-order valence-electron chi connectivity index (χ2n) is 3.91. The van der Waals surface area contributed by atoms with Crippen LogP contribution >= 0.6 is 0 Å². The average molecular weight is 236 g/mol. The number of ether oxygens (including phenoxy) is 1. The van der Waals surface area contributed by atoms with Crippen LogP contribution in [0, 0.1) is 0 Å². The summed E-state index contributed by atoms with van der Waals surface area (Å²) in [4.78, 5) is 0. The van der Waals surface area contributed by atoms with Crippen molar-refractivity contribution in [3.63, 3.8) is 0 Å². The van der Waals surface area contributed by atoms with Gasteiger partial charge in [0.25, 0.3) is 0 Å². The highest BCUT2D eigenvalue weighted by Crippen LogP contribution is 2.24. The van der Waals surface area contributed by atoms with Crippen LogP contribution in [0.5, 0.6) is 11.5 Å². The summed E-state index contributed by atoms with van der Waals surface area (Å²) >= 11 is 0. The number of nitrogens with one attached hydrogen (secondary N) is 1. The first-order valence-electron chi connectivity index (χ1n) is 5.74. The number of aromatic nitrogens is 2. The van der Waals surface area contributed by atoms with E-state index in [4.69, 9.17) is 4.74 Å². The van der Waals surface area contributed by atoms with E-state index >= 15 is 0 Å². The topological polar surface area (TPSA) is 37.9 Å². The summed E-state index contributed by atoms with van der Waals surface area (Å²) < 4.78 is 5.72. The molecule has 1 N–H and O–H groups in total. The van der Waals surface area contributed by atoms with E-state index in [-0.39, 0.29) is 0 Å². The Balaban J connectivity index is 1.80. The van der Waals surface area contributed by atoms with E-state index in [1.165, 1.54) is 0 Å². The fraction of sp³-hybridized carbons (Fsp3) is 0. The summed E-state index contributed by atoms with van der Waals surface area (Å²) in [7, 11) is 0. The molecule has 18 heavy (non-hydrogen) atoms. The Kier molecular flexibility index (Phi) is 2.80. The molecule has 3 rings (SSSR count). The fourth-order valence-corrected chi connectivity index (χ4v) is 1.74. The van der Waals surface area contributed by atoms with Gasteiger partial charge in [-0.25, -0.2) is 0 Å². The zero-order chi connectivity index (χ0) is 12.2. The normalized spacial score (nSPS) is 10.2. The van der Waals surface area contributed by atoms with Gasteiger partial charge in [0.15, 0.2) is 0 Å². The van der Waals surface area contributed by atoms with Crippen molar-refractivity contribution in [2.75, 3.05) is 0 Å². The highest BCUT2D eigenvalue weighted by Gasteiger charge is 2.00. The lowest BCUT2D eigenvalue weighted by Crippen LogP contribution is -1.84. The van der Waals surface area contributed by atoms with Crippen molar-refractivity contribution in [2.45, 2.75) is 0 Å². The van der Waals surface area contributed by atoms with E-state index in [2.05, 4.69) is 10.2 Å². The molecule has 2 aromatic carbocycles. The second-order valence-corrected chi connectivity index (χ2v) is 3.91. The lowest BCUT2D eigenvalue weighted by atomic mass is 10.1. The van der Waals surface area contributed by atoms with Gasteiger partial charge in [0.2, 0.25) is 0 Å². The number of para-hydroxylation sites is 1. The van der Waals surface area contributed by atoms with Crippen molar-refractivity contribution in [1.82, 2.24) is 10.2 Å². The van der Waals surface area contributed by atoms with Gasteiger partial charge in [-0.1, -0.05) is 18.2 Å². The first-order valence-corrected chi connectivity index (χ1v) is 5.74. The number of hydrogen-bond donors (Lipinski definition) is 1. The molecular weight excluding hydrogens is 224 g/mol. The highest BCUT2D eigenvalue weighted by atomic mass is 16.5. The molecule has 1 aromatic heterocycles. The third-order valence-corrected chi connectivity index (χ3v) is 2.64. The molecule has 0 aliphatic heterocycles. The molecule has 88 valence electrons. The monoisotopic (exact) mass is 236 g/mol. The maximum atomic E-state index is 5.72. The van der Waals surface area contributed by atoms with Gasteiger partial charge >= 0.3 is 0 Å². The van der Waals surface area contributed by atoms with Crippen LogP contribution in [-0.2, 0) is 0 Å². The third kappa shape index (κ3) is 2.25. The minimum atomic E-state index is 0.824. The predicted molar refractivity (Wildman–Crippen MR) is 70.5 cm³/mol. The maximum absolute atomic E-state index is 5.72. The Bertz CT molecular complexity index is 601. The molecule has 0 saturated carbocycles. The zero-order valence-corrected chi connectivity index (χ0v) is 9.71. The summed E-state index contributed by atoms with van der Waals surface area (Å²) in [6.07, 6.45) is 1.74. The lowest BCUT2D eigenvalue weighted by Gasteiger charge is -2.05. The van der Waals surface area contributed by atoms with Gasteiger partial charge in [-0.3, -0.25) is 5.10 Å². The van der Waals surface area contributed by atoms with Crippen molar-refractivity contribution >= 4 is 0 Å². The van der Waals surface area contributed by atoms with E-state index in [1.54, 1.807) is 6.20 Å². The minimum absolute atomic E-state index is 0.824. The number of rotatable bonds is 3. The summed E-state index contributed by atoms with van der Waals surface area (Å²) in [5.41, 5.74) is 2.09. The quantitative estimate of drug-likeness (QED) is 0.749. The summed E-state index contributed by atoms with van der Waals surface area (Å²) in [6.45, 7) is 0. The molecule has 0 bridgehead atoms. The largest absolute Gasteiger partial charge is 0.457 e. The molecule has 0 spiro atoms. The van der Waals surface area contributed by atoms with Gasteiger partial charge in [0.1, 0.15) is 11.5 Å². The molecule has 3 heteroatoms. The van der Waals surface area contributed by atoms with Gasteiger partial charge in [-0.2, -0.15) is 5.10 Å². The molecule has 0 atom stereocenters. The SMILES string of the molecule is c1ccc(Oc2ccc(-c3ccn[nH]3)cc2)cc1. The van der Waals surface area contributed by atoms with Crippen LogP contribution in [0.1, 0.15) is 0 Å². The highest BCUT2D eigenvalue weighted by molar-refractivity contribution is 5.59. The van der Waals surface area contributed by atoms with Gasteiger partial charge < -0.3 is 4.74 Å². The second kappa shape index (κ2) is 4.75. The van der Waals surface area contributed by atoms with E-state index in [9.17, 15) is 0 Å². The number of nitrogens with zero attached hydrogens (tertiary/aromatic N) is 1. The molecule has 3 nitrogen and oxygen atoms in total. The molecular formula is C15H12N2O. The maximum Gasteiger partial charge on any atom is 0.127 e. The first kappa shape index (κ1) is 10.6. The van der Waals surface area contributed by atoms with Crippen LogP contribution in [0.3, 0.4) is 0 Å². The van der Waals surface area contributed by atoms with Gasteiger partial charge in [-0.05, 0) is 48.0 Å². The van der Waals surface area contributed by atoms with E-state index < -0.39 is 0 Å². The Morgan fingerprint density at radius 2 is 1.50 bits per heavy atom. The molecule has 0 fully saturated rings. The van der Waals surface area contributed by atoms with Crippen molar-refractivity contribution in [3.05, 3.63) is 66.9 Å². The molecule has 0 amide bonds. The van der Waals surface area contributed by atoms with Crippen LogP contribution in [0.15, 0.2) is 66.9 Å². The number of H-pyrrole nitrogens is 1. The molecule has 0 radical (unpaired) electrons. The Morgan fingerprint density at radius 1 is 0.778 bits per heavy atom. The van der Waals surface area contributed by atoms with Crippen LogP contribution < -0.4 is 4.74 Å². The smallest absolute Gasteiger partial charge is 0.127 e. The van der Waals surface area contributed by atoms with Crippen LogP contribution in [0.2, 0.25) is 0 Å². The standard InChI is InChI=1S/C15H12N2O/c1-2-4-13(5-3-1)18-14-8-6-12(7-9-14)15-10-11-16-17-15/h1-11H,(H,16,17). The van der Waals surface area contributed by atoms with Crippen LogP contribution in [-0.4, -0.2) is 10.2 Å². The fourth-order valence-electron chi connectivity index (χ4n) is 1.74. The number of aromatic amines is 1. The van der Waals surface area contributed by atoms with Crippen molar-refractivity contribution < 1.29 is 4.74 Å². The van der Waals surface area contributed by atoms with E-state index in [0.29, 0.717) is 0 Å². The number of hydrogen-bond acceptors (Lipinski definition) is 2. The molecule has 0 saturated heterocycles. The Morgan fingerprint density at radius 3 is 2.17 bits per heavy atom.